The van der Waals surface area contributed by atoms with Crippen molar-refractivity contribution < 1.29 is 14.3 Å². The van der Waals surface area contributed by atoms with Crippen LogP contribution in [0.25, 0.3) is 5.57 Å². The van der Waals surface area contributed by atoms with Gasteiger partial charge in [0.25, 0.3) is 11.8 Å². The molecule has 0 atom stereocenters. The van der Waals surface area contributed by atoms with Gasteiger partial charge in [0.1, 0.15) is 11.4 Å². The third-order valence-corrected chi connectivity index (χ3v) is 5.91. The molecule has 0 N–H and O–H groups in total. The minimum absolute atomic E-state index is 0.342. The van der Waals surface area contributed by atoms with Crippen LogP contribution in [0.3, 0.4) is 0 Å². The first kappa shape index (κ1) is 22.3. The molecule has 0 radical (unpaired) electrons. The highest BCUT2D eigenvalue weighted by Gasteiger charge is 2.42. The second kappa shape index (κ2) is 9.33. The quantitative estimate of drug-likeness (QED) is 0.479. The lowest BCUT2D eigenvalue weighted by Gasteiger charge is -2.22. The number of para-hydroxylation sites is 2. The van der Waals surface area contributed by atoms with Crippen LogP contribution in [0, 0.1) is 13.8 Å². The molecule has 33 heavy (non-hydrogen) atoms. The van der Waals surface area contributed by atoms with E-state index in [9.17, 15) is 9.59 Å². The highest BCUT2D eigenvalue weighted by Crippen LogP contribution is 2.39. The molecule has 0 spiro atoms. The number of hydrogen-bond acceptors (Lipinski definition) is 4. The molecule has 5 heteroatoms. The van der Waals surface area contributed by atoms with Crippen LogP contribution in [0.4, 0.5) is 5.69 Å². The van der Waals surface area contributed by atoms with Gasteiger partial charge in [-0.25, -0.2) is 4.90 Å². The maximum Gasteiger partial charge on any atom is 0.282 e. The first-order valence-corrected chi connectivity index (χ1v) is 11.1. The fraction of sp³-hybridized carbons (Fsp3) is 0.214. The van der Waals surface area contributed by atoms with Gasteiger partial charge in [0, 0.05) is 13.6 Å². The van der Waals surface area contributed by atoms with Gasteiger partial charge >= 0.3 is 0 Å². The summed E-state index contributed by atoms with van der Waals surface area (Å²) in [5.41, 5.74) is 5.25. The van der Waals surface area contributed by atoms with Crippen molar-refractivity contribution in [1.82, 2.24) is 4.90 Å². The van der Waals surface area contributed by atoms with Crippen LogP contribution in [-0.4, -0.2) is 30.4 Å². The van der Waals surface area contributed by atoms with E-state index in [1.165, 1.54) is 4.90 Å². The van der Waals surface area contributed by atoms with E-state index in [2.05, 4.69) is 0 Å². The topological polar surface area (TPSA) is 49.9 Å². The summed E-state index contributed by atoms with van der Waals surface area (Å²) in [4.78, 5) is 30.7. The van der Waals surface area contributed by atoms with Crippen LogP contribution in [0.1, 0.15) is 29.2 Å². The molecular formula is C28H28N2O3. The normalized spacial score (nSPS) is 13.6. The summed E-state index contributed by atoms with van der Waals surface area (Å²) in [5.74, 6) is -0.183. The number of hydrogen-bond donors (Lipinski definition) is 0. The number of carbonyl (C=O) groups is 2. The predicted molar refractivity (Wildman–Crippen MR) is 131 cm³/mol. The zero-order valence-corrected chi connectivity index (χ0v) is 19.5. The van der Waals surface area contributed by atoms with Crippen LogP contribution in [0.15, 0.2) is 78.5 Å². The minimum atomic E-state index is -0.348. The maximum absolute atomic E-state index is 13.8. The van der Waals surface area contributed by atoms with Gasteiger partial charge in [-0.1, -0.05) is 60.7 Å². The molecule has 1 aliphatic rings. The zero-order chi connectivity index (χ0) is 23.5. The van der Waals surface area contributed by atoms with Gasteiger partial charge in [0.2, 0.25) is 0 Å². The van der Waals surface area contributed by atoms with Crippen molar-refractivity contribution in [2.75, 3.05) is 18.6 Å². The summed E-state index contributed by atoms with van der Waals surface area (Å²) < 4.78 is 5.74. The number of nitrogens with zero attached hydrogens (tertiary/aromatic N) is 2. The lowest BCUT2D eigenvalue weighted by Crippen LogP contribution is -2.34. The Kier molecular flexibility index (Phi) is 6.31. The lowest BCUT2D eigenvalue weighted by atomic mass is 9.99. The van der Waals surface area contributed by atoms with E-state index >= 15 is 0 Å². The highest BCUT2D eigenvalue weighted by molar-refractivity contribution is 6.45. The van der Waals surface area contributed by atoms with Crippen molar-refractivity contribution in [1.29, 1.82) is 0 Å². The summed E-state index contributed by atoms with van der Waals surface area (Å²) in [6.45, 7) is 6.86. The van der Waals surface area contributed by atoms with Gasteiger partial charge in [-0.3, -0.25) is 9.59 Å². The number of rotatable bonds is 7. The SMILES string of the molecule is CCOc1ccccc1N1C(=O)C(c2ccc(C)c(C)c2)=C(N(C)Cc2ccccc2)C1=O. The van der Waals surface area contributed by atoms with Crippen molar-refractivity contribution >= 4 is 23.1 Å². The van der Waals surface area contributed by atoms with Crippen molar-refractivity contribution in [2.45, 2.75) is 27.3 Å². The largest absolute Gasteiger partial charge is 0.492 e. The molecule has 0 unspecified atom stereocenters. The van der Waals surface area contributed by atoms with E-state index in [-0.39, 0.29) is 11.8 Å². The molecule has 0 aliphatic carbocycles. The molecule has 4 rings (SSSR count). The van der Waals surface area contributed by atoms with Crippen molar-refractivity contribution in [3.8, 4) is 5.75 Å². The van der Waals surface area contributed by atoms with Crippen LogP contribution < -0.4 is 9.64 Å². The lowest BCUT2D eigenvalue weighted by molar-refractivity contribution is -0.120. The van der Waals surface area contributed by atoms with E-state index in [1.54, 1.807) is 18.2 Å². The summed E-state index contributed by atoms with van der Waals surface area (Å²) >= 11 is 0. The number of ether oxygens (including phenoxy) is 1. The average molecular weight is 441 g/mol. The Morgan fingerprint density at radius 1 is 0.848 bits per heavy atom. The summed E-state index contributed by atoms with van der Waals surface area (Å²) in [6.07, 6.45) is 0. The van der Waals surface area contributed by atoms with Crippen molar-refractivity contribution in [2.24, 2.45) is 0 Å². The maximum atomic E-state index is 13.8. The molecule has 0 fully saturated rings. The van der Waals surface area contributed by atoms with Crippen LogP contribution in [-0.2, 0) is 16.1 Å². The smallest absolute Gasteiger partial charge is 0.282 e. The molecule has 3 aromatic rings. The van der Waals surface area contributed by atoms with Gasteiger partial charge < -0.3 is 9.64 Å². The molecule has 0 saturated carbocycles. The Bertz CT molecular complexity index is 1230. The number of imide groups is 1. The Morgan fingerprint density at radius 2 is 1.55 bits per heavy atom. The number of benzene rings is 3. The zero-order valence-electron chi connectivity index (χ0n) is 19.5. The molecule has 0 aromatic heterocycles. The average Bonchev–Trinajstić information content (AvgIpc) is 3.07. The fourth-order valence-corrected chi connectivity index (χ4v) is 4.10. The van der Waals surface area contributed by atoms with Crippen LogP contribution >= 0.6 is 0 Å². The fourth-order valence-electron chi connectivity index (χ4n) is 4.10. The van der Waals surface area contributed by atoms with E-state index in [1.807, 2.05) is 87.3 Å². The van der Waals surface area contributed by atoms with Gasteiger partial charge in [0.05, 0.1) is 17.9 Å². The Balaban J connectivity index is 1.84. The number of anilines is 1. The molecule has 168 valence electrons. The van der Waals surface area contributed by atoms with Gasteiger partial charge in [0.15, 0.2) is 0 Å². The third-order valence-electron chi connectivity index (χ3n) is 5.91. The van der Waals surface area contributed by atoms with E-state index in [4.69, 9.17) is 4.74 Å². The summed E-state index contributed by atoms with van der Waals surface area (Å²) in [5, 5.41) is 0. The molecule has 5 nitrogen and oxygen atoms in total. The van der Waals surface area contributed by atoms with Gasteiger partial charge in [-0.15, -0.1) is 0 Å². The molecule has 1 heterocycles. The Labute approximate surface area is 194 Å². The monoisotopic (exact) mass is 440 g/mol. The van der Waals surface area contributed by atoms with Crippen LogP contribution in [0.2, 0.25) is 0 Å². The molecule has 3 aromatic carbocycles. The standard InChI is InChI=1S/C28H28N2O3/c1-5-33-24-14-10-9-13-23(24)30-27(31)25(22-16-15-19(2)20(3)17-22)26(28(30)32)29(4)18-21-11-7-6-8-12-21/h6-17H,5,18H2,1-4H3. The summed E-state index contributed by atoms with van der Waals surface area (Å²) in [7, 11) is 1.85. The summed E-state index contributed by atoms with van der Waals surface area (Å²) in [6, 6.07) is 23.0. The van der Waals surface area contributed by atoms with Crippen molar-refractivity contribution in [3.63, 3.8) is 0 Å². The number of aryl methyl sites for hydroxylation is 2. The third kappa shape index (κ3) is 4.27. The van der Waals surface area contributed by atoms with E-state index < -0.39 is 0 Å². The van der Waals surface area contributed by atoms with Gasteiger partial charge in [-0.05, 0) is 55.2 Å². The molecule has 0 saturated heterocycles. The molecule has 2 amide bonds. The minimum Gasteiger partial charge on any atom is -0.492 e. The van der Waals surface area contributed by atoms with Gasteiger partial charge in [-0.2, -0.15) is 0 Å². The number of amides is 2. The Morgan fingerprint density at radius 3 is 2.24 bits per heavy atom. The number of likely N-dealkylation sites (N-methyl/N-ethyl adjacent to an activating group) is 1. The molecule has 0 bridgehead atoms. The number of carbonyl (C=O) groups excluding carboxylic acids is 2. The molecular weight excluding hydrogens is 412 g/mol. The van der Waals surface area contributed by atoms with E-state index in [0.29, 0.717) is 35.9 Å². The van der Waals surface area contributed by atoms with E-state index in [0.717, 1.165) is 22.3 Å². The highest BCUT2D eigenvalue weighted by atomic mass is 16.5. The Hall–Kier alpha value is -3.86. The van der Waals surface area contributed by atoms with Crippen molar-refractivity contribution in [3.05, 3.63) is 101 Å². The second-order valence-corrected chi connectivity index (χ2v) is 8.21. The van der Waals surface area contributed by atoms with Crippen LogP contribution in [0.5, 0.6) is 5.75 Å². The second-order valence-electron chi connectivity index (χ2n) is 8.21. The molecule has 1 aliphatic heterocycles. The first-order valence-electron chi connectivity index (χ1n) is 11.1. The predicted octanol–water partition coefficient (Wildman–Crippen LogP) is 5.12. The first-order chi connectivity index (χ1) is 15.9.